The fourth-order valence-corrected chi connectivity index (χ4v) is 1.57. The summed E-state index contributed by atoms with van der Waals surface area (Å²) < 4.78 is 4.96. The molecule has 1 aromatic rings. The summed E-state index contributed by atoms with van der Waals surface area (Å²) in [7, 11) is 1.41. The van der Waals surface area contributed by atoms with E-state index in [1.165, 1.54) is 7.11 Å². The monoisotopic (exact) mass is 281 g/mol. The van der Waals surface area contributed by atoms with E-state index in [4.69, 9.17) is 9.84 Å². The summed E-state index contributed by atoms with van der Waals surface area (Å²) in [6.07, 6.45) is 3.43. The molecule has 0 spiro atoms. The lowest BCUT2D eigenvalue weighted by Gasteiger charge is -2.14. The molecule has 2 amide bonds. The molecule has 7 nitrogen and oxygen atoms in total. The van der Waals surface area contributed by atoms with Gasteiger partial charge in [-0.1, -0.05) is 0 Å². The van der Waals surface area contributed by atoms with E-state index in [9.17, 15) is 9.59 Å². The summed E-state index contributed by atoms with van der Waals surface area (Å²) in [4.78, 5) is 25.9. The van der Waals surface area contributed by atoms with Crippen molar-refractivity contribution in [3.63, 3.8) is 0 Å². The summed E-state index contributed by atoms with van der Waals surface area (Å²) in [6.45, 7) is 0.649. The highest BCUT2D eigenvalue weighted by atomic mass is 16.5. The molecule has 20 heavy (non-hydrogen) atoms. The van der Waals surface area contributed by atoms with Crippen molar-refractivity contribution < 1.29 is 19.4 Å². The number of carboxylic acids is 1. The van der Waals surface area contributed by atoms with Gasteiger partial charge in [0.2, 0.25) is 0 Å². The molecule has 0 fully saturated rings. The highest BCUT2D eigenvalue weighted by Crippen LogP contribution is 1.96. The molecule has 1 heterocycles. The summed E-state index contributed by atoms with van der Waals surface area (Å²) in [6, 6.07) is 3.42. The van der Waals surface area contributed by atoms with Gasteiger partial charge in [0.15, 0.2) is 0 Å². The minimum absolute atomic E-state index is 0.145. The van der Waals surface area contributed by atoms with Gasteiger partial charge in [-0.05, 0) is 24.1 Å². The van der Waals surface area contributed by atoms with Gasteiger partial charge < -0.3 is 20.5 Å². The summed E-state index contributed by atoms with van der Waals surface area (Å²) in [5, 5.41) is 13.9. The number of carboxylic acid groups (broad SMARTS) is 1. The number of hydrogen-bond acceptors (Lipinski definition) is 4. The van der Waals surface area contributed by atoms with E-state index in [0.717, 1.165) is 5.56 Å². The molecule has 0 aliphatic carbocycles. The largest absolute Gasteiger partial charge is 0.481 e. The molecule has 1 unspecified atom stereocenters. The van der Waals surface area contributed by atoms with Gasteiger partial charge in [0.05, 0.1) is 12.5 Å². The highest BCUT2D eigenvalue weighted by molar-refractivity contribution is 5.74. The Morgan fingerprint density at radius 1 is 1.35 bits per heavy atom. The smallest absolute Gasteiger partial charge is 0.314 e. The average molecular weight is 281 g/mol. The van der Waals surface area contributed by atoms with Gasteiger partial charge in [0.25, 0.3) is 0 Å². The maximum Gasteiger partial charge on any atom is 0.314 e. The van der Waals surface area contributed by atoms with E-state index >= 15 is 0 Å². The highest BCUT2D eigenvalue weighted by Gasteiger charge is 2.13. The Morgan fingerprint density at radius 3 is 2.65 bits per heavy atom. The molecule has 1 atom stereocenters. The lowest BCUT2D eigenvalue weighted by molar-refractivity contribution is -0.139. The number of ether oxygens (including phenoxy) is 1. The first-order valence-electron chi connectivity index (χ1n) is 6.27. The van der Waals surface area contributed by atoms with Crippen LogP contribution in [0.5, 0.6) is 0 Å². The SMILES string of the molecule is COC(CNC(=O)NCCc1ccncc1)CC(=O)O. The van der Waals surface area contributed by atoms with E-state index in [0.29, 0.717) is 13.0 Å². The van der Waals surface area contributed by atoms with Crippen LogP contribution in [0.15, 0.2) is 24.5 Å². The van der Waals surface area contributed by atoms with Crippen molar-refractivity contribution >= 4 is 12.0 Å². The molecule has 0 bridgehead atoms. The van der Waals surface area contributed by atoms with Gasteiger partial charge in [-0.25, -0.2) is 4.79 Å². The number of nitrogens with one attached hydrogen (secondary N) is 2. The van der Waals surface area contributed by atoms with Crippen LogP contribution in [0.25, 0.3) is 0 Å². The summed E-state index contributed by atoms with van der Waals surface area (Å²) in [5.41, 5.74) is 1.08. The van der Waals surface area contributed by atoms with Gasteiger partial charge in [-0.3, -0.25) is 9.78 Å². The zero-order chi connectivity index (χ0) is 14.8. The second-order valence-electron chi connectivity index (χ2n) is 4.20. The topological polar surface area (TPSA) is 101 Å². The lowest BCUT2D eigenvalue weighted by Crippen LogP contribution is -2.41. The van der Waals surface area contributed by atoms with Gasteiger partial charge >= 0.3 is 12.0 Å². The van der Waals surface area contributed by atoms with Crippen molar-refractivity contribution in [3.05, 3.63) is 30.1 Å². The first-order chi connectivity index (χ1) is 9.61. The standard InChI is InChI=1S/C13H19N3O4/c1-20-11(8-12(17)18)9-16-13(19)15-7-4-10-2-5-14-6-3-10/h2-3,5-6,11H,4,7-9H2,1H3,(H,17,18)(H2,15,16,19). The Labute approximate surface area is 117 Å². The van der Waals surface area contributed by atoms with E-state index in [1.54, 1.807) is 12.4 Å². The Hall–Kier alpha value is -2.15. The quantitative estimate of drug-likeness (QED) is 0.641. The third-order valence-electron chi connectivity index (χ3n) is 2.67. The Bertz CT molecular complexity index is 425. The minimum atomic E-state index is -0.961. The number of urea groups is 1. The molecule has 0 saturated carbocycles. The van der Waals surface area contributed by atoms with Crippen LogP contribution in [0, 0.1) is 0 Å². The molecule has 110 valence electrons. The average Bonchev–Trinajstić information content (AvgIpc) is 2.44. The van der Waals surface area contributed by atoms with Crippen molar-refractivity contribution in [2.24, 2.45) is 0 Å². The number of rotatable bonds is 8. The van der Waals surface area contributed by atoms with Gasteiger partial charge in [0, 0.05) is 32.6 Å². The second kappa shape index (κ2) is 8.87. The second-order valence-corrected chi connectivity index (χ2v) is 4.20. The zero-order valence-corrected chi connectivity index (χ0v) is 11.3. The van der Waals surface area contributed by atoms with Crippen LogP contribution in [-0.4, -0.2) is 48.4 Å². The van der Waals surface area contributed by atoms with Gasteiger partial charge in [0.1, 0.15) is 0 Å². The minimum Gasteiger partial charge on any atom is -0.481 e. The third kappa shape index (κ3) is 6.69. The maximum atomic E-state index is 11.5. The Kier molecular flexibility index (Phi) is 7.05. The molecular weight excluding hydrogens is 262 g/mol. The number of carbonyl (C=O) groups excluding carboxylic acids is 1. The number of hydrogen-bond donors (Lipinski definition) is 3. The molecule has 0 aromatic carbocycles. The molecule has 0 radical (unpaired) electrons. The molecule has 1 aromatic heterocycles. The van der Waals surface area contributed by atoms with Crippen molar-refractivity contribution in [3.8, 4) is 0 Å². The molecule has 0 aliphatic heterocycles. The molecule has 3 N–H and O–H groups in total. The molecule has 1 rings (SSSR count). The number of carbonyl (C=O) groups is 2. The lowest BCUT2D eigenvalue weighted by atomic mass is 10.2. The van der Waals surface area contributed by atoms with Crippen molar-refractivity contribution in [1.82, 2.24) is 15.6 Å². The van der Waals surface area contributed by atoms with Crippen LogP contribution >= 0.6 is 0 Å². The molecule has 0 aliphatic rings. The van der Waals surface area contributed by atoms with E-state index in [2.05, 4.69) is 15.6 Å². The summed E-state index contributed by atoms with van der Waals surface area (Å²) in [5.74, 6) is -0.961. The van der Waals surface area contributed by atoms with Gasteiger partial charge in [-0.2, -0.15) is 0 Å². The van der Waals surface area contributed by atoms with Gasteiger partial charge in [-0.15, -0.1) is 0 Å². The van der Waals surface area contributed by atoms with Crippen LogP contribution in [0.4, 0.5) is 4.79 Å². The van der Waals surface area contributed by atoms with E-state index in [1.807, 2.05) is 12.1 Å². The number of nitrogens with zero attached hydrogens (tertiary/aromatic N) is 1. The van der Waals surface area contributed by atoms with Crippen molar-refractivity contribution in [1.29, 1.82) is 0 Å². The number of amides is 2. The predicted molar refractivity (Wildman–Crippen MR) is 72.4 cm³/mol. The van der Waals surface area contributed by atoms with Crippen LogP contribution in [0.1, 0.15) is 12.0 Å². The number of aromatic nitrogens is 1. The predicted octanol–water partition coefficient (Wildman–Crippen LogP) is 0.413. The number of methoxy groups -OCH3 is 1. The first-order valence-corrected chi connectivity index (χ1v) is 6.27. The normalized spacial score (nSPS) is 11.7. The zero-order valence-electron chi connectivity index (χ0n) is 11.3. The van der Waals surface area contributed by atoms with Crippen LogP contribution in [0.2, 0.25) is 0 Å². The first kappa shape index (κ1) is 15.9. The maximum absolute atomic E-state index is 11.5. The van der Waals surface area contributed by atoms with E-state index in [-0.39, 0.29) is 19.0 Å². The van der Waals surface area contributed by atoms with Crippen LogP contribution < -0.4 is 10.6 Å². The van der Waals surface area contributed by atoms with Crippen molar-refractivity contribution in [2.45, 2.75) is 18.9 Å². The van der Waals surface area contributed by atoms with Crippen LogP contribution in [0.3, 0.4) is 0 Å². The van der Waals surface area contributed by atoms with E-state index < -0.39 is 12.1 Å². The summed E-state index contributed by atoms with van der Waals surface area (Å²) >= 11 is 0. The molecular formula is C13H19N3O4. The van der Waals surface area contributed by atoms with Crippen molar-refractivity contribution in [2.75, 3.05) is 20.2 Å². The van der Waals surface area contributed by atoms with Crippen LogP contribution in [-0.2, 0) is 16.0 Å². The number of pyridine rings is 1. The Balaban J connectivity index is 2.18. The fourth-order valence-electron chi connectivity index (χ4n) is 1.57. The number of aliphatic carboxylic acids is 1. The Morgan fingerprint density at radius 2 is 2.05 bits per heavy atom. The fraction of sp³-hybridized carbons (Fsp3) is 0.462. The third-order valence-corrected chi connectivity index (χ3v) is 2.67. The molecule has 7 heteroatoms. The molecule has 0 saturated heterocycles.